The first-order valence-electron chi connectivity index (χ1n) is 6.81. The summed E-state index contributed by atoms with van der Waals surface area (Å²) in [4.78, 5) is 0. The zero-order valence-corrected chi connectivity index (χ0v) is 12.2. The van der Waals surface area contributed by atoms with Gasteiger partial charge in [0.15, 0.2) is 11.5 Å². The summed E-state index contributed by atoms with van der Waals surface area (Å²) in [6, 6.07) is 13.0. The van der Waals surface area contributed by atoms with E-state index in [0.717, 1.165) is 16.7 Å². The lowest BCUT2D eigenvalue weighted by Crippen LogP contribution is -1.99. The molecule has 0 spiro atoms. The van der Waals surface area contributed by atoms with Crippen LogP contribution in [0.5, 0.6) is 11.5 Å². The van der Waals surface area contributed by atoms with Crippen molar-refractivity contribution in [2.75, 3.05) is 7.11 Å². The van der Waals surface area contributed by atoms with Crippen LogP contribution in [0.1, 0.15) is 29.7 Å². The van der Waals surface area contributed by atoms with Gasteiger partial charge >= 0.3 is 0 Å². The Morgan fingerprint density at radius 2 is 1.67 bits per heavy atom. The summed E-state index contributed by atoms with van der Waals surface area (Å²) >= 11 is 0. The van der Waals surface area contributed by atoms with Gasteiger partial charge in [-0.1, -0.05) is 30.3 Å². The third-order valence-corrected chi connectivity index (χ3v) is 3.27. The van der Waals surface area contributed by atoms with Crippen molar-refractivity contribution < 1.29 is 19.7 Å². The first kappa shape index (κ1) is 15.4. The molecule has 2 aromatic carbocycles. The number of rotatable bonds is 6. The van der Waals surface area contributed by atoms with Crippen LogP contribution in [0.25, 0.3) is 0 Å². The number of methoxy groups -OCH3 is 1. The first-order valence-corrected chi connectivity index (χ1v) is 6.81. The van der Waals surface area contributed by atoms with E-state index in [4.69, 9.17) is 14.6 Å². The van der Waals surface area contributed by atoms with Crippen LogP contribution in [0, 0.1) is 0 Å². The minimum atomic E-state index is -0.543. The molecule has 2 aromatic rings. The predicted octanol–water partition coefficient (Wildman–Crippen LogP) is 2.82. The van der Waals surface area contributed by atoms with Crippen LogP contribution >= 0.6 is 0 Å². The van der Waals surface area contributed by atoms with Gasteiger partial charge in [0.05, 0.1) is 19.8 Å². The van der Waals surface area contributed by atoms with Crippen LogP contribution < -0.4 is 9.47 Å². The maximum Gasteiger partial charge on any atom is 0.161 e. The van der Waals surface area contributed by atoms with Gasteiger partial charge < -0.3 is 19.7 Å². The van der Waals surface area contributed by atoms with E-state index in [1.54, 1.807) is 26.2 Å². The molecule has 2 N–H and O–H groups in total. The Labute approximate surface area is 124 Å². The van der Waals surface area contributed by atoms with Gasteiger partial charge in [-0.2, -0.15) is 0 Å². The largest absolute Gasteiger partial charge is 0.493 e. The number of aliphatic hydroxyl groups is 2. The average Bonchev–Trinajstić information content (AvgIpc) is 2.53. The highest BCUT2D eigenvalue weighted by Crippen LogP contribution is 2.30. The molecule has 0 aromatic heterocycles. The lowest BCUT2D eigenvalue weighted by atomic mass is 10.1. The van der Waals surface area contributed by atoms with E-state index in [2.05, 4.69) is 0 Å². The van der Waals surface area contributed by atoms with Crippen LogP contribution in [0.3, 0.4) is 0 Å². The van der Waals surface area contributed by atoms with E-state index in [-0.39, 0.29) is 6.61 Å². The van der Waals surface area contributed by atoms with Gasteiger partial charge in [-0.3, -0.25) is 0 Å². The zero-order valence-electron chi connectivity index (χ0n) is 12.2. The van der Waals surface area contributed by atoms with Crippen molar-refractivity contribution in [1.29, 1.82) is 0 Å². The molecule has 21 heavy (non-hydrogen) atoms. The monoisotopic (exact) mass is 288 g/mol. The van der Waals surface area contributed by atoms with Gasteiger partial charge in [-0.25, -0.2) is 0 Å². The number of hydrogen-bond acceptors (Lipinski definition) is 4. The molecule has 0 saturated heterocycles. The van der Waals surface area contributed by atoms with E-state index in [9.17, 15) is 5.11 Å². The number of aliphatic hydroxyl groups excluding tert-OH is 2. The number of ether oxygens (including phenoxy) is 2. The third kappa shape index (κ3) is 3.97. The summed E-state index contributed by atoms with van der Waals surface area (Å²) in [6.45, 7) is 2.16. The Morgan fingerprint density at radius 3 is 2.24 bits per heavy atom. The maximum atomic E-state index is 9.58. The molecule has 0 fully saturated rings. The van der Waals surface area contributed by atoms with Crippen molar-refractivity contribution in [3.8, 4) is 11.5 Å². The van der Waals surface area contributed by atoms with E-state index < -0.39 is 6.10 Å². The molecule has 4 heteroatoms. The summed E-state index contributed by atoms with van der Waals surface area (Å²) in [5.74, 6) is 1.23. The van der Waals surface area contributed by atoms with Gasteiger partial charge in [0.2, 0.25) is 0 Å². The van der Waals surface area contributed by atoms with Gasteiger partial charge in [-0.05, 0) is 35.7 Å². The van der Waals surface area contributed by atoms with Crippen molar-refractivity contribution in [2.45, 2.75) is 26.2 Å². The van der Waals surface area contributed by atoms with Crippen LogP contribution in [0.2, 0.25) is 0 Å². The Kier molecular flexibility index (Phi) is 5.20. The lowest BCUT2D eigenvalue weighted by molar-refractivity contribution is 0.198. The predicted molar refractivity (Wildman–Crippen MR) is 80.3 cm³/mol. The Hall–Kier alpha value is -2.04. The highest BCUT2D eigenvalue weighted by atomic mass is 16.5. The summed E-state index contributed by atoms with van der Waals surface area (Å²) in [7, 11) is 1.57. The minimum absolute atomic E-state index is 0.0375. The molecule has 0 unspecified atom stereocenters. The van der Waals surface area contributed by atoms with Gasteiger partial charge in [-0.15, -0.1) is 0 Å². The Bertz CT molecular complexity index is 576. The minimum Gasteiger partial charge on any atom is -0.493 e. The number of benzene rings is 2. The van der Waals surface area contributed by atoms with Crippen LogP contribution in [0.15, 0.2) is 42.5 Å². The fourth-order valence-corrected chi connectivity index (χ4v) is 1.97. The first-order chi connectivity index (χ1) is 10.1. The van der Waals surface area contributed by atoms with E-state index in [1.807, 2.05) is 30.3 Å². The summed E-state index contributed by atoms with van der Waals surface area (Å²) in [6.07, 6.45) is -0.543. The topological polar surface area (TPSA) is 58.9 Å². The van der Waals surface area contributed by atoms with Crippen LogP contribution in [-0.4, -0.2) is 17.3 Å². The lowest BCUT2D eigenvalue weighted by Gasteiger charge is -2.13. The third-order valence-electron chi connectivity index (χ3n) is 3.27. The molecule has 0 aliphatic heterocycles. The second kappa shape index (κ2) is 7.11. The molecule has 112 valence electrons. The fourth-order valence-electron chi connectivity index (χ4n) is 1.97. The molecule has 4 nitrogen and oxygen atoms in total. The highest BCUT2D eigenvalue weighted by molar-refractivity contribution is 5.43. The summed E-state index contributed by atoms with van der Waals surface area (Å²) in [5, 5.41) is 18.6. The SMILES string of the molecule is COc1cc([C@@H](C)O)ccc1OCc1ccc(CO)cc1. The van der Waals surface area contributed by atoms with Crippen molar-refractivity contribution in [3.63, 3.8) is 0 Å². The van der Waals surface area contributed by atoms with Crippen molar-refractivity contribution in [3.05, 3.63) is 59.2 Å². The number of hydrogen-bond donors (Lipinski definition) is 2. The molecule has 0 aliphatic carbocycles. The van der Waals surface area contributed by atoms with E-state index >= 15 is 0 Å². The standard InChI is InChI=1S/C17H20O4/c1-12(19)15-7-8-16(17(9-15)20-2)21-11-14-5-3-13(10-18)4-6-14/h3-9,12,18-19H,10-11H2,1-2H3/t12-/m1/s1. The maximum absolute atomic E-state index is 9.58. The molecular weight excluding hydrogens is 268 g/mol. The van der Waals surface area contributed by atoms with Crippen molar-refractivity contribution in [1.82, 2.24) is 0 Å². The molecular formula is C17H20O4. The smallest absolute Gasteiger partial charge is 0.161 e. The van der Waals surface area contributed by atoms with Gasteiger partial charge in [0, 0.05) is 0 Å². The van der Waals surface area contributed by atoms with E-state index in [0.29, 0.717) is 18.1 Å². The van der Waals surface area contributed by atoms with E-state index in [1.165, 1.54) is 0 Å². The Morgan fingerprint density at radius 1 is 1.00 bits per heavy atom. The fraction of sp³-hybridized carbons (Fsp3) is 0.294. The Balaban J connectivity index is 2.08. The molecule has 2 rings (SSSR count). The average molecular weight is 288 g/mol. The van der Waals surface area contributed by atoms with Crippen LogP contribution in [0.4, 0.5) is 0 Å². The van der Waals surface area contributed by atoms with Crippen LogP contribution in [-0.2, 0) is 13.2 Å². The molecule has 0 amide bonds. The molecule has 0 heterocycles. The highest BCUT2D eigenvalue weighted by Gasteiger charge is 2.09. The zero-order chi connectivity index (χ0) is 15.2. The second-order valence-corrected chi connectivity index (χ2v) is 4.85. The normalized spacial score (nSPS) is 12.0. The summed E-state index contributed by atoms with van der Waals surface area (Å²) < 4.78 is 11.0. The van der Waals surface area contributed by atoms with Crippen molar-refractivity contribution >= 4 is 0 Å². The molecule has 0 saturated carbocycles. The second-order valence-electron chi connectivity index (χ2n) is 4.85. The van der Waals surface area contributed by atoms with Gasteiger partial charge in [0.25, 0.3) is 0 Å². The summed E-state index contributed by atoms with van der Waals surface area (Å²) in [5.41, 5.74) is 2.66. The molecule has 0 aliphatic rings. The molecule has 0 bridgehead atoms. The molecule has 1 atom stereocenters. The van der Waals surface area contributed by atoms with Crippen molar-refractivity contribution in [2.24, 2.45) is 0 Å². The quantitative estimate of drug-likeness (QED) is 0.858. The van der Waals surface area contributed by atoms with Gasteiger partial charge in [0.1, 0.15) is 6.61 Å². The molecule has 0 radical (unpaired) electrons.